The topological polar surface area (TPSA) is 41.0 Å². The lowest BCUT2D eigenvalue weighted by Crippen LogP contribution is -2.45. The van der Waals surface area contributed by atoms with Gasteiger partial charge in [0.25, 0.3) is 0 Å². The predicted octanol–water partition coefficient (Wildman–Crippen LogP) is 0.973. The first-order valence-electron chi connectivity index (χ1n) is 5.51. The predicted molar refractivity (Wildman–Crippen MR) is 61.1 cm³/mol. The molecule has 4 nitrogen and oxygen atoms in total. The Morgan fingerprint density at radius 2 is 2.40 bits per heavy atom. The van der Waals surface area contributed by atoms with Gasteiger partial charge < -0.3 is 10.2 Å². The van der Waals surface area contributed by atoms with Crippen molar-refractivity contribution in [2.45, 2.75) is 25.8 Å². The molecule has 0 aliphatic carbocycles. The Morgan fingerprint density at radius 3 is 3.13 bits per heavy atom. The van der Waals surface area contributed by atoms with Crippen molar-refractivity contribution in [3.05, 3.63) is 18.0 Å². The molecule has 2 heterocycles. The van der Waals surface area contributed by atoms with E-state index in [0.29, 0.717) is 6.04 Å². The van der Waals surface area contributed by atoms with Gasteiger partial charge >= 0.3 is 0 Å². The van der Waals surface area contributed by atoms with E-state index >= 15 is 0 Å². The fraction of sp³-hybridized carbons (Fsp3) is 0.636. The number of nitrogens with zero attached hydrogens (tertiary/aromatic N) is 3. The van der Waals surface area contributed by atoms with Gasteiger partial charge in [0, 0.05) is 31.0 Å². The van der Waals surface area contributed by atoms with Gasteiger partial charge in [-0.2, -0.15) is 0 Å². The molecular weight excluding hydrogens is 188 g/mol. The Labute approximate surface area is 90.7 Å². The highest BCUT2D eigenvalue weighted by Gasteiger charge is 2.20. The molecule has 1 aromatic heterocycles. The number of rotatable bonds is 2. The van der Waals surface area contributed by atoms with Gasteiger partial charge in [0.2, 0.25) is 5.95 Å². The second kappa shape index (κ2) is 4.57. The smallest absolute Gasteiger partial charge is 0.225 e. The highest BCUT2D eigenvalue weighted by atomic mass is 15.3. The molecule has 1 aromatic rings. The molecule has 4 heteroatoms. The zero-order chi connectivity index (χ0) is 10.7. The van der Waals surface area contributed by atoms with Crippen LogP contribution in [0, 0.1) is 6.92 Å². The van der Waals surface area contributed by atoms with E-state index in [2.05, 4.69) is 20.2 Å². The number of anilines is 1. The second-order valence-corrected chi connectivity index (χ2v) is 4.07. The fourth-order valence-corrected chi connectivity index (χ4v) is 1.98. The molecule has 1 saturated heterocycles. The van der Waals surface area contributed by atoms with Crippen molar-refractivity contribution in [3.8, 4) is 0 Å². The summed E-state index contributed by atoms with van der Waals surface area (Å²) in [5.41, 5.74) is 1.03. The van der Waals surface area contributed by atoms with Crippen LogP contribution >= 0.6 is 0 Å². The highest BCUT2D eigenvalue weighted by Crippen LogP contribution is 2.15. The molecule has 1 aliphatic rings. The van der Waals surface area contributed by atoms with Crippen LogP contribution in [0.2, 0.25) is 0 Å². The van der Waals surface area contributed by atoms with Crippen molar-refractivity contribution < 1.29 is 0 Å². The zero-order valence-electron chi connectivity index (χ0n) is 9.40. The lowest BCUT2D eigenvalue weighted by atomic mass is 10.1. The summed E-state index contributed by atoms with van der Waals surface area (Å²) in [6.45, 7) is 4.09. The SMILES string of the molecule is CN[C@@H]1CCCN(c2nccc(C)n2)C1. The normalized spacial score (nSPS) is 21.7. The Hall–Kier alpha value is -1.16. The Kier molecular flexibility index (Phi) is 3.16. The van der Waals surface area contributed by atoms with Gasteiger partial charge in [-0.05, 0) is 32.9 Å². The minimum absolute atomic E-state index is 0.572. The van der Waals surface area contributed by atoms with E-state index in [1.54, 1.807) is 0 Å². The van der Waals surface area contributed by atoms with Gasteiger partial charge in [0.15, 0.2) is 0 Å². The Balaban J connectivity index is 2.09. The van der Waals surface area contributed by atoms with E-state index in [4.69, 9.17) is 0 Å². The maximum atomic E-state index is 4.45. The lowest BCUT2D eigenvalue weighted by molar-refractivity contribution is 0.445. The van der Waals surface area contributed by atoms with Crippen molar-refractivity contribution in [2.24, 2.45) is 0 Å². The van der Waals surface area contributed by atoms with Crippen molar-refractivity contribution in [3.63, 3.8) is 0 Å². The molecule has 0 bridgehead atoms. The summed E-state index contributed by atoms with van der Waals surface area (Å²) in [5.74, 6) is 0.870. The van der Waals surface area contributed by atoms with Gasteiger partial charge in [-0.25, -0.2) is 9.97 Å². The maximum absolute atomic E-state index is 4.45. The molecule has 1 N–H and O–H groups in total. The number of aryl methyl sites for hydroxylation is 1. The van der Waals surface area contributed by atoms with Crippen molar-refractivity contribution in [2.75, 3.05) is 25.0 Å². The third kappa shape index (κ3) is 2.45. The van der Waals surface area contributed by atoms with Crippen LogP contribution < -0.4 is 10.2 Å². The van der Waals surface area contributed by atoms with E-state index in [-0.39, 0.29) is 0 Å². The minimum Gasteiger partial charge on any atom is -0.339 e. The molecule has 1 aliphatic heterocycles. The molecule has 0 radical (unpaired) electrons. The minimum atomic E-state index is 0.572. The third-order valence-corrected chi connectivity index (χ3v) is 2.89. The summed E-state index contributed by atoms with van der Waals surface area (Å²) in [7, 11) is 2.02. The first-order chi connectivity index (χ1) is 7.29. The van der Waals surface area contributed by atoms with Crippen LogP contribution in [0.1, 0.15) is 18.5 Å². The largest absolute Gasteiger partial charge is 0.339 e. The lowest BCUT2D eigenvalue weighted by Gasteiger charge is -2.32. The molecule has 1 atom stereocenters. The molecule has 0 amide bonds. The molecule has 82 valence electrons. The first-order valence-corrected chi connectivity index (χ1v) is 5.51. The molecule has 1 fully saturated rings. The summed E-state index contributed by atoms with van der Waals surface area (Å²) < 4.78 is 0. The van der Waals surface area contributed by atoms with Crippen LogP contribution in [0.25, 0.3) is 0 Å². The summed E-state index contributed by atoms with van der Waals surface area (Å²) in [6.07, 6.45) is 4.29. The van der Waals surface area contributed by atoms with E-state index < -0.39 is 0 Å². The maximum Gasteiger partial charge on any atom is 0.225 e. The number of piperidine rings is 1. The fourth-order valence-electron chi connectivity index (χ4n) is 1.98. The second-order valence-electron chi connectivity index (χ2n) is 4.07. The molecule has 0 saturated carbocycles. The number of likely N-dealkylation sites (N-methyl/N-ethyl adjacent to an activating group) is 1. The van der Waals surface area contributed by atoms with Crippen LogP contribution in [-0.4, -0.2) is 36.1 Å². The van der Waals surface area contributed by atoms with Gasteiger partial charge in [-0.15, -0.1) is 0 Å². The molecular formula is C11H18N4. The van der Waals surface area contributed by atoms with Gasteiger partial charge in [-0.3, -0.25) is 0 Å². The van der Waals surface area contributed by atoms with Crippen LogP contribution in [-0.2, 0) is 0 Å². The van der Waals surface area contributed by atoms with Crippen LogP contribution in [0.5, 0.6) is 0 Å². The average Bonchev–Trinajstić information content (AvgIpc) is 2.29. The Morgan fingerprint density at radius 1 is 1.53 bits per heavy atom. The zero-order valence-corrected chi connectivity index (χ0v) is 9.40. The molecule has 0 spiro atoms. The summed E-state index contributed by atoms with van der Waals surface area (Å²) >= 11 is 0. The van der Waals surface area contributed by atoms with E-state index in [0.717, 1.165) is 24.7 Å². The Bertz CT molecular complexity index is 326. The van der Waals surface area contributed by atoms with E-state index in [9.17, 15) is 0 Å². The van der Waals surface area contributed by atoms with Crippen LogP contribution in [0.3, 0.4) is 0 Å². The van der Waals surface area contributed by atoms with Crippen molar-refractivity contribution in [1.29, 1.82) is 0 Å². The number of aromatic nitrogens is 2. The van der Waals surface area contributed by atoms with E-state index in [1.807, 2.05) is 26.2 Å². The third-order valence-electron chi connectivity index (χ3n) is 2.89. The van der Waals surface area contributed by atoms with Crippen LogP contribution in [0.15, 0.2) is 12.3 Å². The monoisotopic (exact) mass is 206 g/mol. The van der Waals surface area contributed by atoms with E-state index in [1.165, 1.54) is 12.8 Å². The summed E-state index contributed by atoms with van der Waals surface area (Å²) in [6, 6.07) is 2.51. The van der Waals surface area contributed by atoms with Crippen molar-refractivity contribution in [1.82, 2.24) is 15.3 Å². The number of nitrogens with one attached hydrogen (secondary N) is 1. The standard InChI is InChI=1S/C11H18N4/c1-9-5-6-13-11(14-9)15-7-3-4-10(8-15)12-2/h5-6,10,12H,3-4,7-8H2,1-2H3/t10-/m1/s1. The molecule has 15 heavy (non-hydrogen) atoms. The van der Waals surface area contributed by atoms with Gasteiger partial charge in [-0.1, -0.05) is 0 Å². The highest BCUT2D eigenvalue weighted by molar-refractivity contribution is 5.31. The van der Waals surface area contributed by atoms with Crippen molar-refractivity contribution >= 4 is 5.95 Å². The molecule has 2 rings (SSSR count). The molecule has 0 unspecified atom stereocenters. The number of hydrogen-bond acceptors (Lipinski definition) is 4. The first kappa shape index (κ1) is 10.4. The van der Waals surface area contributed by atoms with Crippen LogP contribution in [0.4, 0.5) is 5.95 Å². The molecule has 0 aromatic carbocycles. The summed E-state index contributed by atoms with van der Waals surface area (Å²) in [5, 5.41) is 3.32. The summed E-state index contributed by atoms with van der Waals surface area (Å²) in [4.78, 5) is 11.0. The average molecular weight is 206 g/mol. The number of hydrogen-bond donors (Lipinski definition) is 1. The quantitative estimate of drug-likeness (QED) is 0.783. The van der Waals surface area contributed by atoms with Gasteiger partial charge in [0.05, 0.1) is 0 Å². The van der Waals surface area contributed by atoms with Gasteiger partial charge in [0.1, 0.15) is 0 Å².